The summed E-state index contributed by atoms with van der Waals surface area (Å²) in [5.74, 6) is -0.645. The third kappa shape index (κ3) is 8.39. The van der Waals surface area contributed by atoms with Gasteiger partial charge in [-0.2, -0.15) is 0 Å². The number of carbonyl (C=O) groups excluding carboxylic acids is 2. The molecule has 1 aromatic rings. The number of carbonyl (C=O) groups is 3. The molecule has 1 aliphatic carbocycles. The van der Waals surface area contributed by atoms with Crippen molar-refractivity contribution in [2.75, 3.05) is 13.1 Å². The molecule has 0 bridgehead atoms. The lowest BCUT2D eigenvalue weighted by molar-refractivity contribution is -0.140. The van der Waals surface area contributed by atoms with Crippen LogP contribution in [0.2, 0.25) is 0 Å². The number of amides is 2. The van der Waals surface area contributed by atoms with Gasteiger partial charge in [0.2, 0.25) is 11.8 Å². The molecule has 0 radical (unpaired) electrons. The second-order valence-electron chi connectivity index (χ2n) is 6.86. The van der Waals surface area contributed by atoms with E-state index >= 15 is 0 Å². The van der Waals surface area contributed by atoms with E-state index in [0.29, 0.717) is 19.5 Å². The Labute approximate surface area is 165 Å². The number of rotatable bonds is 7. The topological polar surface area (TPSA) is 127 Å². The largest absolute Gasteiger partial charge is 0.503 e. The summed E-state index contributed by atoms with van der Waals surface area (Å²) in [5, 5.41) is 23.0. The minimum absolute atomic E-state index is 0.0910. The van der Waals surface area contributed by atoms with Gasteiger partial charge in [-0.25, -0.2) is 10.3 Å². The number of nitrogens with one attached hydrogen (secondary N) is 1. The van der Waals surface area contributed by atoms with E-state index in [1.54, 1.807) is 10.4 Å². The molecule has 8 heteroatoms. The normalized spacial score (nSPS) is 14.9. The van der Waals surface area contributed by atoms with Gasteiger partial charge in [0.15, 0.2) is 0 Å². The highest BCUT2D eigenvalue weighted by atomic mass is 16.6. The molecule has 1 saturated carbocycles. The van der Waals surface area contributed by atoms with Gasteiger partial charge in [-0.05, 0) is 31.7 Å². The van der Waals surface area contributed by atoms with E-state index in [9.17, 15) is 9.59 Å². The van der Waals surface area contributed by atoms with Gasteiger partial charge in [-0.15, -0.1) is 0 Å². The van der Waals surface area contributed by atoms with Crippen LogP contribution in [0.5, 0.6) is 0 Å². The first-order valence-electron chi connectivity index (χ1n) is 9.57. The molecule has 0 spiro atoms. The van der Waals surface area contributed by atoms with Crippen molar-refractivity contribution in [3.8, 4) is 0 Å². The molecular formula is C20H30N2O6. The van der Waals surface area contributed by atoms with Crippen LogP contribution in [0.3, 0.4) is 0 Å². The van der Waals surface area contributed by atoms with Crippen molar-refractivity contribution in [3.05, 3.63) is 35.9 Å². The maximum absolute atomic E-state index is 12.8. The third-order valence-electron chi connectivity index (χ3n) is 4.89. The van der Waals surface area contributed by atoms with E-state index in [2.05, 4.69) is 0 Å². The molecule has 1 fully saturated rings. The summed E-state index contributed by atoms with van der Waals surface area (Å²) in [6.07, 6.45) is 3.99. The van der Waals surface area contributed by atoms with Gasteiger partial charge in [0.05, 0.1) is 5.92 Å². The Hall–Kier alpha value is -2.61. The van der Waals surface area contributed by atoms with Gasteiger partial charge in [0.1, 0.15) is 0 Å². The molecule has 1 atom stereocenters. The van der Waals surface area contributed by atoms with Crippen LogP contribution in [-0.2, 0) is 16.0 Å². The van der Waals surface area contributed by atoms with Crippen LogP contribution >= 0.6 is 0 Å². The quantitative estimate of drug-likeness (QED) is 0.416. The Morgan fingerprint density at radius 1 is 1.11 bits per heavy atom. The summed E-state index contributed by atoms with van der Waals surface area (Å²) in [5.41, 5.74) is 2.78. The van der Waals surface area contributed by atoms with Crippen molar-refractivity contribution < 1.29 is 29.8 Å². The third-order valence-corrected chi connectivity index (χ3v) is 4.89. The van der Waals surface area contributed by atoms with Crippen molar-refractivity contribution in [1.29, 1.82) is 0 Å². The zero-order chi connectivity index (χ0) is 20.9. The summed E-state index contributed by atoms with van der Waals surface area (Å²) < 4.78 is 0. The van der Waals surface area contributed by atoms with Gasteiger partial charge in [0.25, 0.3) is 0 Å². The molecule has 8 nitrogen and oxygen atoms in total. The molecule has 2 amide bonds. The van der Waals surface area contributed by atoms with Crippen LogP contribution in [0.1, 0.15) is 44.6 Å². The fourth-order valence-corrected chi connectivity index (χ4v) is 3.48. The predicted octanol–water partition coefficient (Wildman–Crippen LogP) is 3.00. The first kappa shape index (κ1) is 23.4. The molecule has 4 N–H and O–H groups in total. The minimum atomic E-state index is -1.83. The standard InChI is InChI=1S/C19H28N2O3.CH2O3/c1-2-21(19(23)16-11-7-4-8-12-16)14-17(18(22)20-24)13-15-9-5-3-6-10-15;2-1(3)4/h3,5-6,9-10,16-17,24H,2,4,7-8,11-14H2,1H3,(H,20,22);(H2,2,3,4). The Bertz CT molecular complexity index is 612. The fourth-order valence-electron chi connectivity index (χ4n) is 3.48. The molecule has 28 heavy (non-hydrogen) atoms. The van der Waals surface area contributed by atoms with Gasteiger partial charge in [-0.1, -0.05) is 49.6 Å². The highest BCUT2D eigenvalue weighted by Crippen LogP contribution is 2.26. The first-order valence-corrected chi connectivity index (χ1v) is 9.57. The SMILES string of the molecule is CCN(CC(Cc1ccccc1)C(=O)NO)C(=O)C1CCCCC1.O=C(O)O. The van der Waals surface area contributed by atoms with E-state index in [0.717, 1.165) is 31.2 Å². The zero-order valence-electron chi connectivity index (χ0n) is 16.2. The van der Waals surface area contributed by atoms with Gasteiger partial charge < -0.3 is 15.1 Å². The van der Waals surface area contributed by atoms with Crippen LogP contribution in [-0.4, -0.2) is 51.4 Å². The van der Waals surface area contributed by atoms with Gasteiger partial charge in [0, 0.05) is 19.0 Å². The van der Waals surface area contributed by atoms with Crippen LogP contribution < -0.4 is 5.48 Å². The van der Waals surface area contributed by atoms with E-state index in [1.807, 2.05) is 37.3 Å². The number of hydroxylamine groups is 1. The van der Waals surface area contributed by atoms with Crippen molar-refractivity contribution in [2.24, 2.45) is 11.8 Å². The average molecular weight is 394 g/mol. The lowest BCUT2D eigenvalue weighted by Crippen LogP contribution is -2.44. The fraction of sp³-hybridized carbons (Fsp3) is 0.550. The lowest BCUT2D eigenvalue weighted by Gasteiger charge is -2.30. The number of carboxylic acid groups (broad SMARTS) is 2. The molecular weight excluding hydrogens is 364 g/mol. The van der Waals surface area contributed by atoms with Crippen LogP contribution in [0.4, 0.5) is 4.79 Å². The molecule has 0 aliphatic heterocycles. The molecule has 0 saturated heterocycles. The molecule has 156 valence electrons. The summed E-state index contributed by atoms with van der Waals surface area (Å²) >= 11 is 0. The number of nitrogens with zero attached hydrogens (tertiary/aromatic N) is 1. The monoisotopic (exact) mass is 394 g/mol. The van der Waals surface area contributed by atoms with E-state index in [-0.39, 0.29) is 11.8 Å². The molecule has 2 rings (SSSR count). The number of hydrogen-bond acceptors (Lipinski definition) is 4. The van der Waals surface area contributed by atoms with E-state index in [4.69, 9.17) is 20.2 Å². The molecule has 1 unspecified atom stereocenters. The van der Waals surface area contributed by atoms with Crippen LogP contribution in [0.25, 0.3) is 0 Å². The predicted molar refractivity (Wildman–Crippen MR) is 103 cm³/mol. The Morgan fingerprint density at radius 2 is 1.68 bits per heavy atom. The molecule has 1 aliphatic rings. The maximum atomic E-state index is 12.8. The van der Waals surface area contributed by atoms with E-state index < -0.39 is 18.0 Å². The minimum Gasteiger partial charge on any atom is -0.450 e. The summed E-state index contributed by atoms with van der Waals surface area (Å²) in [7, 11) is 0. The summed E-state index contributed by atoms with van der Waals surface area (Å²) in [6.45, 7) is 2.86. The smallest absolute Gasteiger partial charge is 0.450 e. The number of benzene rings is 1. The molecule has 0 heterocycles. The average Bonchev–Trinajstić information content (AvgIpc) is 2.71. The maximum Gasteiger partial charge on any atom is 0.503 e. The highest BCUT2D eigenvalue weighted by molar-refractivity contribution is 5.81. The second-order valence-corrected chi connectivity index (χ2v) is 6.86. The molecule has 0 aromatic heterocycles. The molecule has 1 aromatic carbocycles. The van der Waals surface area contributed by atoms with Gasteiger partial charge >= 0.3 is 6.16 Å². The Balaban J connectivity index is 0.000000892. The van der Waals surface area contributed by atoms with Crippen molar-refractivity contribution in [3.63, 3.8) is 0 Å². The van der Waals surface area contributed by atoms with Crippen molar-refractivity contribution in [1.82, 2.24) is 10.4 Å². The van der Waals surface area contributed by atoms with E-state index in [1.165, 1.54) is 6.42 Å². The zero-order valence-corrected chi connectivity index (χ0v) is 16.2. The first-order chi connectivity index (χ1) is 13.4. The number of hydrogen-bond donors (Lipinski definition) is 4. The van der Waals surface area contributed by atoms with Crippen molar-refractivity contribution in [2.45, 2.75) is 45.4 Å². The Morgan fingerprint density at radius 3 is 2.18 bits per heavy atom. The van der Waals surface area contributed by atoms with Crippen LogP contribution in [0, 0.1) is 11.8 Å². The summed E-state index contributed by atoms with van der Waals surface area (Å²) in [4.78, 5) is 35.2. The Kier molecular flexibility index (Phi) is 10.6. The highest BCUT2D eigenvalue weighted by Gasteiger charge is 2.29. The van der Waals surface area contributed by atoms with Crippen molar-refractivity contribution >= 4 is 18.0 Å². The van der Waals surface area contributed by atoms with Crippen LogP contribution in [0.15, 0.2) is 30.3 Å². The summed E-state index contributed by atoms with van der Waals surface area (Å²) in [6, 6.07) is 9.69. The second kappa shape index (κ2) is 12.7. The van der Waals surface area contributed by atoms with Gasteiger partial charge in [-0.3, -0.25) is 14.8 Å². The lowest BCUT2D eigenvalue weighted by atomic mass is 9.88.